The quantitative estimate of drug-likeness (QED) is 0.912. The average Bonchev–Trinajstić information content (AvgIpc) is 2.36. The van der Waals surface area contributed by atoms with E-state index in [-0.39, 0.29) is 0 Å². The second-order valence-corrected chi connectivity index (χ2v) is 4.78. The number of ether oxygens (including phenoxy) is 1. The van der Waals surface area contributed by atoms with Crippen molar-refractivity contribution >= 4 is 23.2 Å². The highest BCUT2D eigenvalue weighted by Gasteiger charge is 2.10. The first-order chi connectivity index (χ1) is 8.27. The largest absolute Gasteiger partial charge is 0.491 e. The zero-order chi connectivity index (χ0) is 12.1. The summed E-state index contributed by atoms with van der Waals surface area (Å²) in [6.45, 7) is 5.82. The highest BCUT2D eigenvalue weighted by Crippen LogP contribution is 2.31. The maximum absolute atomic E-state index is 6.03. The Balaban J connectivity index is 1.79. The molecule has 0 bridgehead atoms. The van der Waals surface area contributed by atoms with Crippen LogP contribution in [0.2, 0.25) is 10.0 Å². The molecule has 94 valence electrons. The van der Waals surface area contributed by atoms with Crippen LogP contribution < -0.4 is 10.1 Å². The van der Waals surface area contributed by atoms with Crippen LogP contribution >= 0.6 is 23.2 Å². The van der Waals surface area contributed by atoms with Gasteiger partial charge >= 0.3 is 0 Å². The first-order valence-electron chi connectivity index (χ1n) is 5.77. The Morgan fingerprint density at radius 1 is 1.24 bits per heavy atom. The van der Waals surface area contributed by atoms with Crippen LogP contribution in [-0.4, -0.2) is 44.2 Å². The molecule has 1 fully saturated rings. The second-order valence-electron chi connectivity index (χ2n) is 3.99. The zero-order valence-electron chi connectivity index (χ0n) is 9.59. The molecule has 1 aliphatic heterocycles. The van der Waals surface area contributed by atoms with Crippen LogP contribution in [0.3, 0.4) is 0 Å². The third kappa shape index (κ3) is 3.75. The fourth-order valence-corrected chi connectivity index (χ4v) is 2.16. The molecule has 2 rings (SSSR count). The average molecular weight is 275 g/mol. The van der Waals surface area contributed by atoms with Crippen molar-refractivity contribution in [3.63, 3.8) is 0 Å². The predicted molar refractivity (Wildman–Crippen MR) is 71.3 cm³/mol. The first-order valence-corrected chi connectivity index (χ1v) is 6.53. The number of nitrogens with zero attached hydrogens (tertiary/aromatic N) is 1. The number of benzene rings is 1. The van der Waals surface area contributed by atoms with Gasteiger partial charge in [0.2, 0.25) is 0 Å². The Morgan fingerprint density at radius 2 is 2.00 bits per heavy atom. The van der Waals surface area contributed by atoms with Gasteiger partial charge in [0.15, 0.2) is 0 Å². The standard InChI is InChI=1S/C12H16Cl2N2O/c13-10-2-1-3-11(12(10)14)17-9-8-16-6-4-15-5-7-16/h1-3,15H,4-9H2. The predicted octanol–water partition coefficient (Wildman–Crippen LogP) is 2.28. The van der Waals surface area contributed by atoms with E-state index >= 15 is 0 Å². The summed E-state index contributed by atoms with van der Waals surface area (Å²) in [5.74, 6) is 0.661. The minimum absolute atomic E-state index is 0.495. The van der Waals surface area contributed by atoms with Crippen molar-refractivity contribution in [1.29, 1.82) is 0 Å². The Morgan fingerprint density at radius 3 is 2.76 bits per heavy atom. The van der Waals surface area contributed by atoms with Crippen molar-refractivity contribution in [2.24, 2.45) is 0 Å². The van der Waals surface area contributed by atoms with Crippen molar-refractivity contribution in [1.82, 2.24) is 10.2 Å². The van der Waals surface area contributed by atoms with Crippen LogP contribution in [0.1, 0.15) is 0 Å². The number of hydrogen-bond acceptors (Lipinski definition) is 3. The zero-order valence-corrected chi connectivity index (χ0v) is 11.1. The van der Waals surface area contributed by atoms with E-state index < -0.39 is 0 Å². The van der Waals surface area contributed by atoms with E-state index in [1.165, 1.54) is 0 Å². The molecule has 0 atom stereocenters. The van der Waals surface area contributed by atoms with Gasteiger partial charge in [-0.1, -0.05) is 29.3 Å². The lowest BCUT2D eigenvalue weighted by molar-refractivity contribution is 0.191. The van der Waals surface area contributed by atoms with Crippen molar-refractivity contribution in [2.45, 2.75) is 0 Å². The molecule has 1 N–H and O–H groups in total. The lowest BCUT2D eigenvalue weighted by atomic mass is 10.3. The molecule has 0 saturated carbocycles. The second kappa shape index (κ2) is 6.45. The molecule has 0 aromatic heterocycles. The maximum atomic E-state index is 6.03. The van der Waals surface area contributed by atoms with E-state index in [0.717, 1.165) is 32.7 Å². The third-order valence-corrected chi connectivity index (χ3v) is 3.59. The first kappa shape index (κ1) is 13.0. The summed E-state index contributed by atoms with van der Waals surface area (Å²) >= 11 is 11.9. The Labute approximate surface area is 112 Å². The van der Waals surface area contributed by atoms with Gasteiger partial charge < -0.3 is 10.1 Å². The highest BCUT2D eigenvalue weighted by molar-refractivity contribution is 6.42. The summed E-state index contributed by atoms with van der Waals surface area (Å²) in [6.07, 6.45) is 0. The number of rotatable bonds is 4. The third-order valence-electron chi connectivity index (χ3n) is 2.79. The van der Waals surface area contributed by atoms with Gasteiger partial charge in [-0.3, -0.25) is 4.90 Å². The number of halogens is 2. The van der Waals surface area contributed by atoms with Crippen LogP contribution in [0.4, 0.5) is 0 Å². The van der Waals surface area contributed by atoms with Gasteiger partial charge in [-0.05, 0) is 12.1 Å². The molecule has 1 aliphatic rings. The minimum Gasteiger partial charge on any atom is -0.491 e. The summed E-state index contributed by atoms with van der Waals surface area (Å²) in [5.41, 5.74) is 0. The lowest BCUT2D eigenvalue weighted by Crippen LogP contribution is -2.44. The SMILES string of the molecule is Clc1cccc(OCCN2CCNCC2)c1Cl. The summed E-state index contributed by atoms with van der Waals surface area (Å²) in [5, 5.41) is 4.35. The van der Waals surface area contributed by atoms with E-state index in [4.69, 9.17) is 27.9 Å². The van der Waals surface area contributed by atoms with Crippen LogP contribution in [-0.2, 0) is 0 Å². The van der Waals surface area contributed by atoms with Crippen LogP contribution in [0.15, 0.2) is 18.2 Å². The maximum Gasteiger partial charge on any atom is 0.139 e. The van der Waals surface area contributed by atoms with Gasteiger partial charge in [0.1, 0.15) is 17.4 Å². The molecule has 17 heavy (non-hydrogen) atoms. The Bertz CT molecular complexity index is 368. The molecule has 0 radical (unpaired) electrons. The summed E-state index contributed by atoms with van der Waals surface area (Å²) in [7, 11) is 0. The van der Waals surface area contributed by atoms with Crippen molar-refractivity contribution < 1.29 is 4.74 Å². The van der Waals surface area contributed by atoms with E-state index in [2.05, 4.69) is 10.2 Å². The summed E-state index contributed by atoms with van der Waals surface area (Å²) in [4.78, 5) is 2.37. The molecular formula is C12H16Cl2N2O. The fourth-order valence-electron chi connectivity index (χ4n) is 1.81. The smallest absolute Gasteiger partial charge is 0.139 e. The van der Waals surface area contributed by atoms with Gasteiger partial charge in [-0.15, -0.1) is 0 Å². The topological polar surface area (TPSA) is 24.5 Å². The minimum atomic E-state index is 0.495. The molecular weight excluding hydrogens is 259 g/mol. The van der Waals surface area contributed by atoms with Gasteiger partial charge in [-0.2, -0.15) is 0 Å². The fraction of sp³-hybridized carbons (Fsp3) is 0.500. The van der Waals surface area contributed by atoms with Crippen molar-refractivity contribution in [3.05, 3.63) is 28.2 Å². The monoisotopic (exact) mass is 274 g/mol. The van der Waals surface area contributed by atoms with E-state index in [9.17, 15) is 0 Å². The normalized spacial score (nSPS) is 17.1. The number of hydrogen-bond donors (Lipinski definition) is 1. The van der Waals surface area contributed by atoms with Gasteiger partial charge in [0.25, 0.3) is 0 Å². The summed E-state index contributed by atoms with van der Waals surface area (Å²) in [6, 6.07) is 5.44. The highest BCUT2D eigenvalue weighted by atomic mass is 35.5. The molecule has 0 unspecified atom stereocenters. The van der Waals surface area contributed by atoms with Crippen molar-refractivity contribution in [3.8, 4) is 5.75 Å². The molecule has 0 amide bonds. The molecule has 0 aliphatic carbocycles. The van der Waals surface area contributed by atoms with Gasteiger partial charge in [0, 0.05) is 32.7 Å². The van der Waals surface area contributed by atoms with Crippen molar-refractivity contribution in [2.75, 3.05) is 39.3 Å². The Hall–Kier alpha value is -0.480. The molecule has 1 aromatic carbocycles. The van der Waals surface area contributed by atoms with E-state index in [1.54, 1.807) is 6.07 Å². The van der Waals surface area contributed by atoms with Crippen LogP contribution in [0, 0.1) is 0 Å². The molecule has 1 aromatic rings. The molecule has 5 heteroatoms. The van der Waals surface area contributed by atoms with Crippen LogP contribution in [0.5, 0.6) is 5.75 Å². The Kier molecular flexibility index (Phi) is 4.92. The summed E-state index contributed by atoms with van der Waals surface area (Å²) < 4.78 is 5.64. The van der Waals surface area contributed by atoms with Gasteiger partial charge in [0.05, 0.1) is 5.02 Å². The molecule has 1 heterocycles. The number of nitrogens with one attached hydrogen (secondary N) is 1. The number of piperazine rings is 1. The molecule has 0 spiro atoms. The molecule has 3 nitrogen and oxygen atoms in total. The van der Waals surface area contributed by atoms with Crippen LogP contribution in [0.25, 0.3) is 0 Å². The lowest BCUT2D eigenvalue weighted by Gasteiger charge is -2.27. The van der Waals surface area contributed by atoms with E-state index in [1.807, 2.05) is 12.1 Å². The molecule has 1 saturated heterocycles. The van der Waals surface area contributed by atoms with Gasteiger partial charge in [-0.25, -0.2) is 0 Å². The van der Waals surface area contributed by atoms with E-state index in [0.29, 0.717) is 22.4 Å².